The third kappa shape index (κ3) is 14.0. The summed E-state index contributed by atoms with van der Waals surface area (Å²) in [5, 5.41) is 11.4. The summed E-state index contributed by atoms with van der Waals surface area (Å²) in [4.78, 5) is 87.3. The maximum absolute atomic E-state index is 15.9. The number of piperidine rings is 1. The molecule has 6 N–H and O–H groups in total. The number of likely N-dealkylation sites (tertiary alicyclic amines) is 1. The fourth-order valence-corrected chi connectivity index (χ4v) is 10.8. The summed E-state index contributed by atoms with van der Waals surface area (Å²) in [6.45, 7) is 12.5. The van der Waals surface area contributed by atoms with E-state index in [4.69, 9.17) is 15.2 Å². The third-order valence-electron chi connectivity index (χ3n) is 15.2. The monoisotopic (exact) mass is 1030 g/mol. The Morgan fingerprint density at radius 3 is 2.24 bits per heavy atom. The number of hydrogen-bond donors (Lipinski definition) is 5. The topological polar surface area (TPSA) is 210 Å². The van der Waals surface area contributed by atoms with Gasteiger partial charge < -0.3 is 64.2 Å². The van der Waals surface area contributed by atoms with Crippen molar-refractivity contribution >= 4 is 48.5 Å². The van der Waals surface area contributed by atoms with Crippen molar-refractivity contribution in [3.05, 3.63) is 76.8 Å². The zero-order valence-electron chi connectivity index (χ0n) is 45.7. The molecule has 1 aromatic heterocycles. The van der Waals surface area contributed by atoms with Crippen molar-refractivity contribution in [3.63, 3.8) is 0 Å². The number of fused-ring (bicyclic) bond motifs is 2. The van der Waals surface area contributed by atoms with Gasteiger partial charge in [0.2, 0.25) is 35.4 Å². The third-order valence-corrected chi connectivity index (χ3v) is 15.2. The number of nitrogens with zero attached hydrogens (tertiary/aromatic N) is 4. The fourth-order valence-electron chi connectivity index (χ4n) is 10.8. The van der Waals surface area contributed by atoms with Crippen LogP contribution in [0.15, 0.2) is 54.2 Å². The van der Waals surface area contributed by atoms with Gasteiger partial charge in [-0.3, -0.25) is 28.8 Å². The van der Waals surface area contributed by atoms with E-state index in [0.29, 0.717) is 36.5 Å². The molecular weight excluding hydrogens is 951 g/mol. The lowest BCUT2D eigenvalue weighted by molar-refractivity contribution is -0.150. The van der Waals surface area contributed by atoms with Crippen molar-refractivity contribution in [2.75, 3.05) is 40.9 Å². The van der Waals surface area contributed by atoms with Crippen LogP contribution in [0.4, 0.5) is 8.63 Å². The maximum atomic E-state index is 15.9. The van der Waals surface area contributed by atoms with Crippen LogP contribution < -0.4 is 27.0 Å². The first-order chi connectivity index (χ1) is 34.9. The molecule has 1 saturated heterocycles. The number of aryl methyl sites for hydroxylation is 2. The summed E-state index contributed by atoms with van der Waals surface area (Å²) in [5.41, 5.74) is 7.83. The van der Waals surface area contributed by atoms with Gasteiger partial charge in [-0.1, -0.05) is 77.4 Å². The zero-order chi connectivity index (χ0) is 54.8. The molecule has 20 heteroatoms. The smallest absolute Gasteiger partial charge is 0.464 e. The number of rotatable bonds is 25. The predicted octanol–water partition coefficient (Wildman–Crippen LogP) is 4.85. The van der Waals surface area contributed by atoms with Gasteiger partial charge in [-0.25, -0.2) is 0 Å². The van der Waals surface area contributed by atoms with Crippen molar-refractivity contribution in [1.29, 1.82) is 0 Å². The summed E-state index contributed by atoms with van der Waals surface area (Å²) < 4.78 is 45.0. The molecule has 74 heavy (non-hydrogen) atoms. The molecule has 1 fully saturated rings. The van der Waals surface area contributed by atoms with Gasteiger partial charge in [-0.05, 0) is 100 Å². The first-order valence-electron chi connectivity index (χ1n) is 26.4. The molecule has 9 atom stereocenters. The fraction of sp³-hybridized carbons (Fsp3) is 0.630. The highest BCUT2D eigenvalue weighted by molar-refractivity contribution is 6.63. The largest absolute Gasteiger partial charge is 0.529 e. The summed E-state index contributed by atoms with van der Waals surface area (Å²) in [7, 11) is 4.70. The number of allylic oxidation sites excluding steroid dienone is 1. The SMILES string of the molecule is CCC(C)C(C(CC(=O)N1CCCCC1C(OC)C(C)C(=O)NC(Cc1ccccc1)C(=O)NCCNC(=O)CCC1C=CC2=Cc3c(C)cc(C)n3[B-](F)(F)N21)OC)N(C)C(=O)C(NC(=O)C(C)(C)N)C(C)C. The number of benzene rings is 1. The molecule has 0 radical (unpaired) electrons. The number of halogens is 2. The Morgan fingerprint density at radius 2 is 1.62 bits per heavy atom. The lowest BCUT2D eigenvalue weighted by Gasteiger charge is -2.47. The van der Waals surface area contributed by atoms with Crippen LogP contribution in [0.5, 0.6) is 0 Å². The van der Waals surface area contributed by atoms with E-state index in [9.17, 15) is 28.8 Å². The molecule has 9 unspecified atom stereocenters. The quantitative estimate of drug-likeness (QED) is 0.0675. The molecule has 3 aliphatic rings. The Balaban J connectivity index is 1.21. The standard InChI is InChI=1S/C54H83BF2N9O8/c1-13-34(4)48(63(10)52(71)47(33(2)3)62-53(72)54(8,9)58)44(73-11)32-46(68)64-28-18-17-21-42(64)49(74-12)37(7)50(69)61-41(30-38-19-15-14-16-20-38)51(70)60-27-26-59-45(67)25-24-39-22-23-40-31-43-35(5)29-36(6)65(43)55(56,57)66(39)40/h14-16,19-20,22-23,29,31,33-34,37,39,41-42,44,47-49H,13,17-18,21,24-28,30,32,58H2,1-12H3,(H,59,67)(H,60,70)(H,61,69)(H,62,72)/q-1. The number of carbonyl (C=O) groups is 6. The molecule has 2 aromatic rings. The number of nitrogens with two attached hydrogens (primary N) is 1. The summed E-state index contributed by atoms with van der Waals surface area (Å²) in [5.74, 6) is -3.44. The van der Waals surface area contributed by atoms with Gasteiger partial charge in [-0.2, -0.15) is 0 Å². The number of aromatic nitrogens is 1. The Labute approximate surface area is 437 Å². The molecule has 1 aromatic carbocycles. The van der Waals surface area contributed by atoms with Crippen LogP contribution in [-0.4, -0.2) is 150 Å². The Bertz CT molecular complexity index is 2360. The number of amides is 6. The number of likely N-dealkylation sites (N-methyl/N-ethyl adjacent to an activating group) is 1. The zero-order valence-corrected chi connectivity index (χ0v) is 45.7. The van der Waals surface area contributed by atoms with E-state index in [1.54, 1.807) is 68.8 Å². The average molecular weight is 1040 g/mol. The lowest BCUT2D eigenvalue weighted by Crippen LogP contribution is -2.61. The van der Waals surface area contributed by atoms with E-state index in [1.807, 2.05) is 65.0 Å². The maximum Gasteiger partial charge on any atom is 0.529 e. The molecule has 0 saturated carbocycles. The van der Waals surface area contributed by atoms with Crippen LogP contribution in [-0.2, 0) is 44.7 Å². The molecular formula is C54H83BF2N9O8-. The molecule has 4 heterocycles. The van der Waals surface area contributed by atoms with Gasteiger partial charge in [0.05, 0.1) is 42.2 Å². The summed E-state index contributed by atoms with van der Waals surface area (Å²) in [6.07, 6.45) is 6.71. The predicted molar refractivity (Wildman–Crippen MR) is 283 cm³/mol. The number of carbonyl (C=O) groups excluding carboxylic acids is 6. The molecule has 0 bridgehead atoms. The van der Waals surface area contributed by atoms with E-state index in [2.05, 4.69) is 21.3 Å². The molecule has 0 aliphatic carbocycles. The number of methoxy groups -OCH3 is 2. The Hall–Kier alpha value is -5.60. The van der Waals surface area contributed by atoms with Crippen molar-refractivity contribution in [3.8, 4) is 0 Å². The Kier molecular flexibility index (Phi) is 20.6. The average Bonchev–Trinajstić information content (AvgIpc) is 3.92. The first kappa shape index (κ1) is 59.3. The van der Waals surface area contributed by atoms with Crippen molar-refractivity contribution in [2.45, 2.75) is 162 Å². The van der Waals surface area contributed by atoms with Crippen molar-refractivity contribution in [2.24, 2.45) is 23.5 Å². The lowest BCUT2D eigenvalue weighted by atomic mass is 9.86. The van der Waals surface area contributed by atoms with Gasteiger partial charge in [0.1, 0.15) is 12.1 Å². The minimum absolute atomic E-state index is 0.00973. The highest BCUT2D eigenvalue weighted by atomic mass is 19.2. The molecule has 410 valence electrons. The number of ether oxygens (including phenoxy) is 2. The van der Waals surface area contributed by atoms with Crippen LogP contribution in [0.3, 0.4) is 0 Å². The van der Waals surface area contributed by atoms with Gasteiger partial charge in [0, 0.05) is 71.2 Å². The van der Waals surface area contributed by atoms with Crippen LogP contribution in [0, 0.1) is 31.6 Å². The molecule has 3 aliphatic heterocycles. The van der Waals surface area contributed by atoms with Crippen LogP contribution in [0.1, 0.15) is 116 Å². The van der Waals surface area contributed by atoms with E-state index in [1.165, 1.54) is 14.2 Å². The normalized spacial score (nSPS) is 20.0. The van der Waals surface area contributed by atoms with Crippen LogP contribution in [0.25, 0.3) is 6.08 Å². The minimum Gasteiger partial charge on any atom is -0.464 e. The van der Waals surface area contributed by atoms with Crippen LogP contribution in [0.2, 0.25) is 0 Å². The summed E-state index contributed by atoms with van der Waals surface area (Å²) in [6, 6.07) is 7.42. The second-order valence-corrected chi connectivity index (χ2v) is 21.5. The van der Waals surface area contributed by atoms with Crippen LogP contribution >= 0.6 is 0 Å². The van der Waals surface area contributed by atoms with Gasteiger partial charge in [0.25, 0.3) is 0 Å². The van der Waals surface area contributed by atoms with Gasteiger partial charge in [0.15, 0.2) is 0 Å². The van der Waals surface area contributed by atoms with Gasteiger partial charge in [-0.15, -0.1) is 0 Å². The highest BCUT2D eigenvalue weighted by Crippen LogP contribution is 2.40. The van der Waals surface area contributed by atoms with Gasteiger partial charge >= 0.3 is 6.97 Å². The van der Waals surface area contributed by atoms with Crippen molar-refractivity contribution in [1.82, 2.24) is 40.4 Å². The second kappa shape index (κ2) is 25.8. The number of hydrogen-bond acceptors (Lipinski definition) is 10. The molecule has 5 rings (SSSR count). The highest BCUT2D eigenvalue weighted by Gasteiger charge is 2.46. The molecule has 6 amide bonds. The van der Waals surface area contributed by atoms with E-state index in [0.717, 1.165) is 33.3 Å². The van der Waals surface area contributed by atoms with E-state index < -0.39 is 78.6 Å². The summed E-state index contributed by atoms with van der Waals surface area (Å²) >= 11 is 0. The van der Waals surface area contributed by atoms with E-state index in [-0.39, 0.29) is 68.3 Å². The van der Waals surface area contributed by atoms with Crippen molar-refractivity contribution < 1.29 is 46.9 Å². The van der Waals surface area contributed by atoms with E-state index >= 15 is 8.63 Å². The molecule has 17 nitrogen and oxygen atoms in total. The second-order valence-electron chi connectivity index (χ2n) is 21.5. The minimum atomic E-state index is -4.12. The Morgan fingerprint density at radius 1 is 0.946 bits per heavy atom. The number of nitrogens with one attached hydrogen (secondary N) is 4. The first-order valence-corrected chi connectivity index (χ1v) is 26.4. The molecule has 0 spiro atoms.